The first-order valence-corrected chi connectivity index (χ1v) is 10.2. The third kappa shape index (κ3) is 3.59. The predicted molar refractivity (Wildman–Crippen MR) is 102 cm³/mol. The van der Waals surface area contributed by atoms with Crippen molar-refractivity contribution in [1.29, 1.82) is 0 Å². The van der Waals surface area contributed by atoms with Crippen LogP contribution in [0.4, 0.5) is 5.13 Å². The highest BCUT2D eigenvalue weighted by molar-refractivity contribution is 7.93. The van der Waals surface area contributed by atoms with Gasteiger partial charge in [0.2, 0.25) is 5.13 Å². The maximum absolute atomic E-state index is 12.4. The van der Waals surface area contributed by atoms with Crippen molar-refractivity contribution in [3.8, 4) is 0 Å². The summed E-state index contributed by atoms with van der Waals surface area (Å²) in [5.41, 5.74) is 1.47. The molecule has 27 heavy (non-hydrogen) atoms. The van der Waals surface area contributed by atoms with Crippen LogP contribution in [-0.2, 0) is 16.6 Å². The molecule has 4 aromatic rings. The highest BCUT2D eigenvalue weighted by atomic mass is 35.5. The van der Waals surface area contributed by atoms with Crippen LogP contribution in [-0.4, -0.2) is 22.3 Å². The molecule has 0 radical (unpaired) electrons. The summed E-state index contributed by atoms with van der Waals surface area (Å²) in [6.45, 7) is 0.252. The minimum absolute atomic E-state index is 0.0474. The highest BCUT2D eigenvalue weighted by Gasteiger charge is 2.19. The van der Waals surface area contributed by atoms with Crippen LogP contribution in [0.1, 0.15) is 5.56 Å². The highest BCUT2D eigenvalue weighted by Crippen LogP contribution is 2.22. The molecule has 0 unspecified atom stereocenters. The molecule has 0 aliphatic heterocycles. The number of rotatable bonds is 5. The number of benzene rings is 2. The number of sulfonamides is 1. The maximum atomic E-state index is 12.4. The summed E-state index contributed by atoms with van der Waals surface area (Å²) >= 11 is 6.90. The topological polar surface area (TPSA) is 107 Å². The first kappa shape index (κ1) is 17.7. The fourth-order valence-electron chi connectivity index (χ4n) is 2.57. The Bertz CT molecular complexity index is 1280. The van der Waals surface area contributed by atoms with Crippen molar-refractivity contribution in [2.75, 3.05) is 4.72 Å². The van der Waals surface area contributed by atoms with E-state index in [1.165, 1.54) is 29.1 Å². The number of halogens is 1. The molecule has 0 aliphatic rings. The Morgan fingerprint density at radius 1 is 1.22 bits per heavy atom. The fraction of sp³-hybridized carbons (Fsp3) is 0.0625. The van der Waals surface area contributed by atoms with Crippen molar-refractivity contribution in [2.24, 2.45) is 0 Å². The van der Waals surface area contributed by atoms with E-state index in [1.54, 1.807) is 18.2 Å². The van der Waals surface area contributed by atoms with Crippen molar-refractivity contribution in [2.45, 2.75) is 11.4 Å². The van der Waals surface area contributed by atoms with E-state index in [4.69, 9.17) is 16.0 Å². The van der Waals surface area contributed by atoms with Crippen LogP contribution < -0.4 is 10.5 Å². The van der Waals surface area contributed by atoms with Crippen LogP contribution in [0.3, 0.4) is 0 Å². The Hall–Kier alpha value is -2.69. The number of aromatic nitrogens is 3. The third-order valence-electron chi connectivity index (χ3n) is 3.76. The average Bonchev–Trinajstić information content (AvgIpc) is 3.22. The molecule has 0 amide bonds. The van der Waals surface area contributed by atoms with E-state index in [0.29, 0.717) is 10.5 Å². The zero-order chi connectivity index (χ0) is 19.0. The van der Waals surface area contributed by atoms with Crippen molar-refractivity contribution >= 4 is 49.4 Å². The molecule has 11 heteroatoms. The van der Waals surface area contributed by atoms with Gasteiger partial charge >= 0.3 is 5.76 Å². The summed E-state index contributed by atoms with van der Waals surface area (Å²) in [5, 5.41) is 0.708. The van der Waals surface area contributed by atoms with Crippen LogP contribution in [0.15, 0.2) is 62.9 Å². The van der Waals surface area contributed by atoms with Gasteiger partial charge in [0.15, 0.2) is 5.58 Å². The molecule has 0 bridgehead atoms. The van der Waals surface area contributed by atoms with Gasteiger partial charge in [-0.25, -0.2) is 18.2 Å². The van der Waals surface area contributed by atoms with Crippen LogP contribution in [0.5, 0.6) is 0 Å². The van der Waals surface area contributed by atoms with Crippen LogP contribution >= 0.6 is 23.1 Å². The number of hydrogen-bond donors (Lipinski definition) is 1. The molecule has 0 aliphatic carbocycles. The van der Waals surface area contributed by atoms with E-state index >= 15 is 0 Å². The molecule has 0 spiro atoms. The van der Waals surface area contributed by atoms with Gasteiger partial charge in [-0.2, -0.15) is 4.37 Å². The summed E-state index contributed by atoms with van der Waals surface area (Å²) in [6.07, 6.45) is 1.25. The average molecular weight is 423 g/mol. The van der Waals surface area contributed by atoms with Crippen LogP contribution in [0.25, 0.3) is 11.1 Å². The monoisotopic (exact) mass is 422 g/mol. The van der Waals surface area contributed by atoms with Gasteiger partial charge in [-0.05, 0) is 29.8 Å². The summed E-state index contributed by atoms with van der Waals surface area (Å²) in [7, 11) is -3.87. The lowest BCUT2D eigenvalue weighted by Gasteiger charge is -2.06. The Kier molecular flexibility index (Phi) is 4.46. The molecule has 0 atom stereocenters. The van der Waals surface area contributed by atoms with E-state index in [-0.39, 0.29) is 22.2 Å². The Morgan fingerprint density at radius 2 is 2.07 bits per heavy atom. The largest absolute Gasteiger partial charge is 0.420 e. The summed E-state index contributed by atoms with van der Waals surface area (Å²) in [4.78, 5) is 16.0. The van der Waals surface area contributed by atoms with Gasteiger partial charge in [0, 0.05) is 22.6 Å². The van der Waals surface area contributed by atoms with Gasteiger partial charge in [-0.1, -0.05) is 23.7 Å². The van der Waals surface area contributed by atoms with Crippen molar-refractivity contribution in [3.05, 3.63) is 69.9 Å². The minimum atomic E-state index is -3.87. The number of hydrogen-bond acceptors (Lipinski definition) is 7. The minimum Gasteiger partial charge on any atom is -0.408 e. The maximum Gasteiger partial charge on any atom is 0.420 e. The second kappa shape index (κ2) is 6.80. The molecular formula is C16H11ClN4O4S2. The molecule has 4 rings (SSSR count). The van der Waals surface area contributed by atoms with Gasteiger partial charge in [-0.15, -0.1) is 0 Å². The number of nitrogens with one attached hydrogen (secondary N) is 1. The molecule has 2 aromatic carbocycles. The standard InChI is InChI=1S/C16H11ClN4O4S2/c17-11-3-1-2-10(6-11)8-21-13-5-4-12(7-14(13)25-16(21)22)27(23,24)20-15-18-9-19-26-15/h1-7,9H,8H2,(H,18,19,20). The number of oxazole rings is 1. The van der Waals surface area contributed by atoms with Gasteiger partial charge in [0.25, 0.3) is 10.0 Å². The normalized spacial score (nSPS) is 11.7. The van der Waals surface area contributed by atoms with Gasteiger partial charge < -0.3 is 4.42 Å². The lowest BCUT2D eigenvalue weighted by atomic mass is 10.2. The van der Waals surface area contributed by atoms with E-state index in [9.17, 15) is 13.2 Å². The van der Waals surface area contributed by atoms with Gasteiger partial charge in [-0.3, -0.25) is 9.29 Å². The van der Waals surface area contributed by atoms with E-state index < -0.39 is 15.8 Å². The zero-order valence-corrected chi connectivity index (χ0v) is 15.9. The number of nitrogens with zero attached hydrogens (tertiary/aromatic N) is 3. The molecule has 8 nitrogen and oxygen atoms in total. The van der Waals surface area contributed by atoms with Crippen LogP contribution in [0, 0.1) is 0 Å². The molecule has 0 saturated heterocycles. The second-order valence-corrected chi connectivity index (χ2v) is 8.46. The summed E-state index contributed by atoms with van der Waals surface area (Å²) in [6, 6.07) is 11.3. The molecular weight excluding hydrogens is 412 g/mol. The molecule has 0 saturated carbocycles. The Labute approximate surface area is 162 Å². The lowest BCUT2D eigenvalue weighted by Crippen LogP contribution is -2.15. The van der Waals surface area contributed by atoms with Crippen LogP contribution in [0.2, 0.25) is 5.02 Å². The SMILES string of the molecule is O=c1oc2cc(S(=O)(=O)Nc3ncns3)ccc2n1Cc1cccc(Cl)c1. The Morgan fingerprint density at radius 3 is 2.81 bits per heavy atom. The van der Waals surface area contributed by atoms with E-state index in [0.717, 1.165) is 17.1 Å². The second-order valence-electron chi connectivity index (χ2n) is 5.57. The van der Waals surface area contributed by atoms with E-state index in [2.05, 4.69) is 14.1 Å². The van der Waals surface area contributed by atoms with E-state index in [1.807, 2.05) is 6.07 Å². The number of fused-ring (bicyclic) bond motifs is 1. The predicted octanol–water partition coefficient (Wildman–Crippen LogP) is 2.95. The first-order chi connectivity index (χ1) is 12.9. The van der Waals surface area contributed by atoms with Gasteiger partial charge in [0.1, 0.15) is 6.33 Å². The Balaban J connectivity index is 1.71. The smallest absolute Gasteiger partial charge is 0.408 e. The molecule has 0 fully saturated rings. The quantitative estimate of drug-likeness (QED) is 0.529. The van der Waals surface area contributed by atoms with Gasteiger partial charge in [0.05, 0.1) is 17.0 Å². The molecule has 2 aromatic heterocycles. The fourth-order valence-corrected chi connectivity index (χ4v) is 4.46. The molecule has 2 heterocycles. The lowest BCUT2D eigenvalue weighted by molar-refractivity contribution is 0.517. The summed E-state index contributed by atoms with van der Waals surface area (Å²) in [5.74, 6) is -0.586. The zero-order valence-electron chi connectivity index (χ0n) is 13.5. The third-order valence-corrected chi connectivity index (χ3v) is 6.04. The molecule has 1 N–H and O–H groups in total. The van der Waals surface area contributed by atoms with Crippen molar-refractivity contribution in [1.82, 2.24) is 13.9 Å². The first-order valence-electron chi connectivity index (χ1n) is 7.60. The molecule has 138 valence electrons. The van der Waals surface area contributed by atoms with Crippen molar-refractivity contribution < 1.29 is 12.8 Å². The van der Waals surface area contributed by atoms with Crippen molar-refractivity contribution in [3.63, 3.8) is 0 Å². The number of anilines is 1. The summed E-state index contributed by atoms with van der Waals surface area (Å²) < 4.78 is 37.6.